The van der Waals surface area contributed by atoms with Crippen LogP contribution in [-0.4, -0.2) is 56.0 Å². The van der Waals surface area contributed by atoms with Gasteiger partial charge in [-0.25, -0.2) is 4.79 Å². The Morgan fingerprint density at radius 3 is 2.51 bits per heavy atom. The smallest absolute Gasteiger partial charge is 0.477 e. The molecular formula is C28H40BClO7. The number of halogens is 1. The first kappa shape index (κ1) is 27.3. The standard InChI is InChI=1S/C28H40BClO7/c1-26(2,3)35-24(31)22-18(25-33-11-8-12-34-25)10-9-16(23(22)32-7)13-21(30)29-36-20-15-17-14-19(27(17,4)5)28(20,6)37-29/h9-10,17,19-21,25H,8,11-15H2,1-7H3/t17-,19+,20?,21?,28+/m1/s1. The predicted octanol–water partition coefficient (Wildman–Crippen LogP) is 5.50. The third kappa shape index (κ3) is 4.82. The van der Waals surface area contributed by atoms with E-state index in [9.17, 15) is 4.79 Å². The Morgan fingerprint density at radius 1 is 1.19 bits per heavy atom. The first-order chi connectivity index (χ1) is 17.3. The predicted molar refractivity (Wildman–Crippen MR) is 141 cm³/mol. The van der Waals surface area contributed by atoms with Crippen LogP contribution in [0.2, 0.25) is 0 Å². The lowest BCUT2D eigenvalue weighted by atomic mass is 9.43. The summed E-state index contributed by atoms with van der Waals surface area (Å²) in [5.74, 6) is 1.06. The maximum atomic E-state index is 13.4. The maximum Gasteiger partial charge on any atom is 0.477 e. The first-order valence-corrected chi connectivity index (χ1v) is 13.9. The molecule has 2 saturated heterocycles. The van der Waals surface area contributed by atoms with Crippen molar-refractivity contribution in [1.82, 2.24) is 0 Å². The van der Waals surface area contributed by atoms with Crippen LogP contribution < -0.4 is 4.74 Å². The van der Waals surface area contributed by atoms with Gasteiger partial charge in [0.15, 0.2) is 6.29 Å². The molecule has 3 aliphatic carbocycles. The Balaban J connectivity index is 1.41. The number of benzene rings is 1. The zero-order valence-corrected chi connectivity index (χ0v) is 23.9. The second-order valence-electron chi connectivity index (χ2n) is 12.7. The summed E-state index contributed by atoms with van der Waals surface area (Å²) in [5.41, 5.74) is 0.929. The van der Waals surface area contributed by atoms with Gasteiger partial charge in [-0.15, -0.1) is 11.6 Å². The molecule has 2 aliphatic heterocycles. The summed E-state index contributed by atoms with van der Waals surface area (Å²) in [6, 6.07) is 3.77. The molecule has 5 aliphatic rings. The number of hydrogen-bond donors (Lipinski definition) is 0. The van der Waals surface area contributed by atoms with Gasteiger partial charge >= 0.3 is 13.1 Å². The van der Waals surface area contributed by atoms with Crippen LogP contribution in [0, 0.1) is 17.3 Å². The molecule has 0 N–H and O–H groups in total. The van der Waals surface area contributed by atoms with Gasteiger partial charge in [-0.3, -0.25) is 0 Å². The average molecular weight is 535 g/mol. The minimum absolute atomic E-state index is 0.0534. The third-order valence-corrected chi connectivity index (χ3v) is 9.20. The van der Waals surface area contributed by atoms with E-state index in [0.29, 0.717) is 48.3 Å². The summed E-state index contributed by atoms with van der Waals surface area (Å²) in [5, 5.41) is -0.462. The summed E-state index contributed by atoms with van der Waals surface area (Å²) in [7, 11) is 1.02. The lowest BCUT2D eigenvalue weighted by Gasteiger charge is -2.64. The fraction of sp³-hybridized carbons (Fsp3) is 0.750. The largest absolute Gasteiger partial charge is 0.496 e. The van der Waals surface area contributed by atoms with E-state index in [-0.39, 0.29) is 17.1 Å². The molecule has 1 aromatic carbocycles. The maximum absolute atomic E-state index is 13.4. The SMILES string of the molecule is COc1c(CC(Cl)B2OC3C[C@H]4C[C@@H](C4(C)C)[C@]3(C)O2)ccc(C2OCCCO2)c1C(=O)OC(C)(C)C. The van der Waals surface area contributed by atoms with Crippen molar-refractivity contribution >= 4 is 24.7 Å². The lowest BCUT2D eigenvalue weighted by Crippen LogP contribution is -2.65. The van der Waals surface area contributed by atoms with Crippen LogP contribution in [0.25, 0.3) is 0 Å². The fourth-order valence-electron chi connectivity index (χ4n) is 6.80. The van der Waals surface area contributed by atoms with Crippen molar-refractivity contribution < 1.29 is 33.1 Å². The number of methoxy groups -OCH3 is 1. The number of carbonyl (C=O) groups is 1. The van der Waals surface area contributed by atoms with E-state index in [0.717, 1.165) is 18.4 Å². The lowest BCUT2D eigenvalue weighted by molar-refractivity contribution is -0.199. The van der Waals surface area contributed by atoms with Crippen molar-refractivity contribution in [3.05, 3.63) is 28.8 Å². The summed E-state index contributed by atoms with van der Waals surface area (Å²) in [6.45, 7) is 13.5. The van der Waals surface area contributed by atoms with E-state index in [1.54, 1.807) is 7.11 Å². The van der Waals surface area contributed by atoms with E-state index in [1.165, 1.54) is 6.42 Å². The van der Waals surface area contributed by atoms with Gasteiger partial charge < -0.3 is 28.3 Å². The molecule has 0 radical (unpaired) electrons. The van der Waals surface area contributed by atoms with Gasteiger partial charge in [0, 0.05) is 5.56 Å². The van der Waals surface area contributed by atoms with E-state index < -0.39 is 30.3 Å². The highest BCUT2D eigenvalue weighted by atomic mass is 35.5. The van der Waals surface area contributed by atoms with Gasteiger partial charge in [0.1, 0.15) is 16.9 Å². The minimum atomic E-state index is -0.676. The highest BCUT2D eigenvalue weighted by molar-refractivity contribution is 6.60. The molecule has 0 spiro atoms. The molecule has 1 aromatic rings. The van der Waals surface area contributed by atoms with Gasteiger partial charge in [0.25, 0.3) is 0 Å². The van der Waals surface area contributed by atoms with Crippen molar-refractivity contribution in [1.29, 1.82) is 0 Å². The molecule has 6 rings (SSSR count). The monoisotopic (exact) mass is 534 g/mol. The zero-order valence-electron chi connectivity index (χ0n) is 23.1. The number of carbonyl (C=O) groups excluding carboxylic acids is 1. The van der Waals surface area contributed by atoms with E-state index >= 15 is 0 Å². The van der Waals surface area contributed by atoms with Gasteiger partial charge in [-0.2, -0.15) is 0 Å². The van der Waals surface area contributed by atoms with E-state index in [2.05, 4.69) is 20.8 Å². The van der Waals surface area contributed by atoms with Crippen LogP contribution in [0.4, 0.5) is 0 Å². The molecule has 0 amide bonds. The quantitative estimate of drug-likeness (QED) is 0.271. The van der Waals surface area contributed by atoms with Gasteiger partial charge in [-0.05, 0) is 76.2 Å². The molecule has 2 bridgehead atoms. The molecule has 2 heterocycles. The Hall–Kier alpha value is -1.32. The van der Waals surface area contributed by atoms with Crippen molar-refractivity contribution in [3.8, 4) is 5.75 Å². The number of alkyl halides is 1. The Labute approximate surface area is 225 Å². The van der Waals surface area contributed by atoms with E-state index in [1.807, 2.05) is 32.9 Å². The number of hydrogen-bond acceptors (Lipinski definition) is 7. The molecule has 5 fully saturated rings. The van der Waals surface area contributed by atoms with Crippen LogP contribution in [0.1, 0.15) is 88.6 Å². The summed E-state index contributed by atoms with van der Waals surface area (Å²) in [6.07, 6.45) is 2.79. The number of rotatable bonds is 6. The topological polar surface area (TPSA) is 72.5 Å². The highest BCUT2D eigenvalue weighted by Crippen LogP contribution is 2.65. The second kappa shape index (κ2) is 9.70. The fourth-order valence-corrected chi connectivity index (χ4v) is 7.07. The zero-order chi connectivity index (χ0) is 26.8. The Kier molecular flexibility index (Phi) is 7.15. The number of ether oxygens (including phenoxy) is 4. The van der Waals surface area contributed by atoms with Crippen molar-refractivity contribution in [2.24, 2.45) is 17.3 Å². The Bertz CT molecular complexity index is 1030. The first-order valence-electron chi connectivity index (χ1n) is 13.5. The molecule has 3 saturated carbocycles. The average Bonchev–Trinajstić information content (AvgIpc) is 3.20. The van der Waals surface area contributed by atoms with Crippen molar-refractivity contribution in [2.45, 2.75) is 96.1 Å². The third-order valence-electron chi connectivity index (χ3n) is 8.84. The van der Waals surface area contributed by atoms with Crippen molar-refractivity contribution in [3.63, 3.8) is 0 Å². The van der Waals surface area contributed by atoms with Crippen LogP contribution in [0.3, 0.4) is 0 Å². The van der Waals surface area contributed by atoms with Crippen LogP contribution in [-0.2, 0) is 29.9 Å². The Morgan fingerprint density at radius 2 is 1.89 bits per heavy atom. The normalized spacial score (nSPS) is 31.9. The number of esters is 1. The molecule has 204 valence electrons. The summed E-state index contributed by atoms with van der Waals surface area (Å²) >= 11 is 6.97. The molecule has 5 atom stereocenters. The van der Waals surface area contributed by atoms with Crippen LogP contribution >= 0.6 is 11.6 Å². The van der Waals surface area contributed by atoms with Gasteiger partial charge in [0.2, 0.25) is 0 Å². The van der Waals surface area contributed by atoms with Crippen LogP contribution in [0.15, 0.2) is 12.1 Å². The molecule has 2 unspecified atom stereocenters. The molecular weight excluding hydrogens is 495 g/mol. The molecule has 37 heavy (non-hydrogen) atoms. The molecule has 7 nitrogen and oxygen atoms in total. The van der Waals surface area contributed by atoms with E-state index in [4.69, 9.17) is 39.9 Å². The van der Waals surface area contributed by atoms with Gasteiger partial charge in [0.05, 0.1) is 37.3 Å². The molecule has 9 heteroatoms. The van der Waals surface area contributed by atoms with Crippen molar-refractivity contribution in [2.75, 3.05) is 20.3 Å². The second-order valence-corrected chi connectivity index (χ2v) is 13.3. The summed E-state index contributed by atoms with van der Waals surface area (Å²) < 4.78 is 36.2. The highest BCUT2D eigenvalue weighted by Gasteiger charge is 2.68. The van der Waals surface area contributed by atoms with Crippen LogP contribution in [0.5, 0.6) is 5.75 Å². The van der Waals surface area contributed by atoms with Gasteiger partial charge in [-0.1, -0.05) is 26.0 Å². The summed E-state index contributed by atoms with van der Waals surface area (Å²) in [4.78, 5) is 13.4. The molecule has 0 aromatic heterocycles. The minimum Gasteiger partial charge on any atom is -0.496 e.